The molecule has 3 aromatic rings. The van der Waals surface area contributed by atoms with E-state index in [2.05, 4.69) is 4.90 Å². The lowest BCUT2D eigenvalue weighted by molar-refractivity contribution is -0.143. The maximum atomic E-state index is 12.4. The molecule has 0 aromatic heterocycles. The number of carboxylic acid groups (broad SMARTS) is 3. The molecule has 12 heteroatoms. The Morgan fingerprint density at radius 2 is 1.12 bits per heavy atom. The molecule has 1 atom stereocenters. The first-order valence-corrected chi connectivity index (χ1v) is 15.4. The minimum Gasteiger partial charge on any atom is -0.497 e. The second-order valence-corrected chi connectivity index (χ2v) is 11.5. The van der Waals surface area contributed by atoms with Gasteiger partial charge in [-0.2, -0.15) is 0 Å². The van der Waals surface area contributed by atoms with Crippen molar-refractivity contribution in [1.82, 2.24) is 4.90 Å². The number of aliphatic hydroxyl groups is 1. The minimum atomic E-state index is -1.08. The summed E-state index contributed by atoms with van der Waals surface area (Å²) in [6, 6.07) is 20.6. The lowest BCUT2D eigenvalue weighted by Gasteiger charge is -2.40. The second kappa shape index (κ2) is 19.7. The molecule has 260 valence electrons. The Morgan fingerprint density at radius 1 is 0.688 bits per heavy atom. The van der Waals surface area contributed by atoms with Crippen LogP contribution in [-0.4, -0.2) is 89.7 Å². The molecule has 12 nitrogen and oxygen atoms in total. The van der Waals surface area contributed by atoms with Crippen LogP contribution in [0.2, 0.25) is 0 Å². The van der Waals surface area contributed by atoms with E-state index in [1.54, 1.807) is 43.5 Å². The highest BCUT2D eigenvalue weighted by molar-refractivity contribution is 5.91. The molecule has 1 aliphatic rings. The van der Waals surface area contributed by atoms with Gasteiger partial charge < -0.3 is 39.5 Å². The molecular formula is C36H45NO11. The Hall–Kier alpha value is -4.94. The number of nitrogens with zero attached hydrogens (tertiary/aromatic N) is 1. The van der Waals surface area contributed by atoms with E-state index < -0.39 is 29.5 Å². The Labute approximate surface area is 280 Å². The number of methoxy groups -OCH3 is 2. The molecule has 0 amide bonds. The van der Waals surface area contributed by atoms with Crippen LogP contribution in [0.15, 0.2) is 72.8 Å². The number of benzene rings is 3. The van der Waals surface area contributed by atoms with Crippen molar-refractivity contribution < 1.29 is 53.8 Å². The normalized spacial score (nSPS) is 13.8. The Kier molecular flexibility index (Phi) is 16.1. The van der Waals surface area contributed by atoms with Crippen molar-refractivity contribution in [3.05, 3.63) is 89.5 Å². The number of carbonyl (C=O) groups is 4. The second-order valence-electron chi connectivity index (χ2n) is 11.5. The highest BCUT2D eigenvalue weighted by atomic mass is 16.5. The number of aromatic carboxylic acids is 1. The van der Waals surface area contributed by atoms with Crippen LogP contribution in [0, 0.1) is 0 Å². The molecule has 0 bridgehead atoms. The van der Waals surface area contributed by atoms with Crippen molar-refractivity contribution in [3.8, 4) is 17.2 Å². The monoisotopic (exact) mass is 667 g/mol. The van der Waals surface area contributed by atoms with Crippen LogP contribution in [0.3, 0.4) is 0 Å². The third kappa shape index (κ3) is 13.4. The zero-order valence-corrected chi connectivity index (χ0v) is 27.8. The summed E-state index contributed by atoms with van der Waals surface area (Å²) in [5, 5.41) is 35.6. The highest BCUT2D eigenvalue weighted by Gasteiger charge is 2.38. The molecule has 4 N–H and O–H groups in total. The maximum Gasteiger partial charge on any atom is 0.343 e. The zero-order valence-electron chi connectivity index (χ0n) is 27.8. The number of hydrogen-bond donors (Lipinski definition) is 4. The first-order chi connectivity index (χ1) is 22.8. The quantitative estimate of drug-likeness (QED) is 0.139. The number of aliphatic carboxylic acids is 2. The molecule has 3 aromatic carbocycles. The molecule has 0 saturated heterocycles. The van der Waals surface area contributed by atoms with Gasteiger partial charge in [-0.3, -0.25) is 9.59 Å². The van der Waals surface area contributed by atoms with Gasteiger partial charge in [0.25, 0.3) is 0 Å². The van der Waals surface area contributed by atoms with Crippen LogP contribution in [-0.2, 0) is 9.59 Å². The smallest absolute Gasteiger partial charge is 0.343 e. The largest absolute Gasteiger partial charge is 0.497 e. The molecule has 1 unspecified atom stereocenters. The topological polar surface area (TPSA) is 180 Å². The summed E-state index contributed by atoms with van der Waals surface area (Å²) in [5.74, 6) is -1.60. The molecule has 0 aliphatic heterocycles. The summed E-state index contributed by atoms with van der Waals surface area (Å²) in [6.07, 6.45) is 4.40. The van der Waals surface area contributed by atoms with Crippen LogP contribution in [0.5, 0.6) is 17.2 Å². The summed E-state index contributed by atoms with van der Waals surface area (Å²) in [7, 11) is 7.19. The predicted octanol–water partition coefficient (Wildman–Crippen LogP) is 5.58. The van der Waals surface area contributed by atoms with Gasteiger partial charge >= 0.3 is 23.9 Å². The average Bonchev–Trinajstić information content (AvgIpc) is 3.07. The van der Waals surface area contributed by atoms with Crippen molar-refractivity contribution in [2.45, 2.75) is 56.5 Å². The molecule has 0 radical (unpaired) electrons. The van der Waals surface area contributed by atoms with Crippen LogP contribution in [0.25, 0.3) is 0 Å². The first-order valence-electron chi connectivity index (χ1n) is 15.4. The third-order valence-electron chi connectivity index (χ3n) is 7.62. The van der Waals surface area contributed by atoms with Crippen molar-refractivity contribution in [2.24, 2.45) is 0 Å². The Morgan fingerprint density at radius 3 is 1.52 bits per heavy atom. The molecular weight excluding hydrogens is 622 g/mol. The van der Waals surface area contributed by atoms with E-state index in [-0.39, 0.29) is 24.3 Å². The molecule has 1 aliphatic carbocycles. The summed E-state index contributed by atoms with van der Waals surface area (Å²) in [5.41, 5.74) is 1.14. The summed E-state index contributed by atoms with van der Waals surface area (Å²) in [4.78, 5) is 44.1. The van der Waals surface area contributed by atoms with E-state index >= 15 is 0 Å². The van der Waals surface area contributed by atoms with E-state index in [1.807, 2.05) is 38.4 Å². The molecule has 1 saturated carbocycles. The third-order valence-corrected chi connectivity index (χ3v) is 7.62. The van der Waals surface area contributed by atoms with Crippen LogP contribution in [0.4, 0.5) is 0 Å². The number of hydrogen-bond acceptors (Lipinski definition) is 9. The fraction of sp³-hybridized carbons (Fsp3) is 0.389. The van der Waals surface area contributed by atoms with E-state index in [0.717, 1.165) is 37.8 Å². The highest BCUT2D eigenvalue weighted by Crippen LogP contribution is 2.40. The SMILES string of the molecule is COc1ccc(C(=O)O)cc1.COc1ccc(C(=O)Oc2ccc(C(CN(C)C)C3(O)CCCCC3)cc2)cc1.O=C(O)CCC(=O)O. The summed E-state index contributed by atoms with van der Waals surface area (Å²) < 4.78 is 15.5. The van der Waals surface area contributed by atoms with Crippen molar-refractivity contribution in [2.75, 3.05) is 34.9 Å². The number of esters is 1. The number of rotatable bonds is 12. The molecule has 4 rings (SSSR count). The zero-order chi connectivity index (χ0) is 35.7. The Bertz CT molecular complexity index is 1430. The first kappa shape index (κ1) is 39.2. The van der Waals surface area contributed by atoms with Gasteiger partial charge in [-0.25, -0.2) is 9.59 Å². The standard InChI is InChI=1S/C24H31NO4.C8H8O3.C4H6O4/c1-25(2)17-22(24(27)15-5-4-6-16-24)18-7-13-21(14-8-18)29-23(26)19-9-11-20(28-3)12-10-19;1-11-7-4-2-6(3-5-7)8(9)10;5-3(6)1-2-4(7)8/h7-14,22,27H,4-6,15-17H2,1-3H3;2-5H,1H3,(H,9,10);1-2H2,(H,5,6)(H,7,8). The maximum absolute atomic E-state index is 12.4. The van der Waals surface area contributed by atoms with Gasteiger partial charge in [-0.05, 0) is 93.2 Å². The van der Waals surface area contributed by atoms with Gasteiger partial charge in [0.15, 0.2) is 0 Å². The van der Waals surface area contributed by atoms with Gasteiger partial charge in [-0.1, -0.05) is 31.4 Å². The van der Waals surface area contributed by atoms with E-state index in [4.69, 9.17) is 29.5 Å². The number of carboxylic acids is 3. The fourth-order valence-corrected chi connectivity index (χ4v) is 5.07. The van der Waals surface area contributed by atoms with Gasteiger partial charge in [0.1, 0.15) is 17.2 Å². The average molecular weight is 668 g/mol. The van der Waals surface area contributed by atoms with Crippen molar-refractivity contribution in [3.63, 3.8) is 0 Å². The van der Waals surface area contributed by atoms with E-state index in [9.17, 15) is 24.3 Å². The van der Waals surface area contributed by atoms with Gasteiger partial charge in [0.2, 0.25) is 0 Å². The van der Waals surface area contributed by atoms with E-state index in [0.29, 0.717) is 22.8 Å². The fourth-order valence-electron chi connectivity index (χ4n) is 5.07. The molecule has 1 fully saturated rings. The van der Waals surface area contributed by atoms with Crippen LogP contribution in [0.1, 0.15) is 77.1 Å². The molecule has 0 spiro atoms. The van der Waals surface area contributed by atoms with Gasteiger partial charge in [-0.15, -0.1) is 0 Å². The summed E-state index contributed by atoms with van der Waals surface area (Å²) >= 11 is 0. The lowest BCUT2D eigenvalue weighted by Crippen LogP contribution is -2.42. The van der Waals surface area contributed by atoms with E-state index in [1.165, 1.54) is 25.7 Å². The molecule has 48 heavy (non-hydrogen) atoms. The van der Waals surface area contributed by atoms with Crippen LogP contribution >= 0.6 is 0 Å². The molecule has 0 heterocycles. The van der Waals surface area contributed by atoms with Crippen LogP contribution < -0.4 is 14.2 Å². The van der Waals surface area contributed by atoms with Crippen molar-refractivity contribution >= 4 is 23.9 Å². The number of likely N-dealkylation sites (N-methyl/N-ethyl adjacent to an activating group) is 1. The lowest BCUT2D eigenvalue weighted by atomic mass is 9.72. The number of carbonyl (C=O) groups excluding carboxylic acids is 1. The van der Waals surface area contributed by atoms with Gasteiger partial charge in [0.05, 0.1) is 43.8 Å². The number of ether oxygens (including phenoxy) is 3. The van der Waals surface area contributed by atoms with Crippen molar-refractivity contribution in [1.29, 1.82) is 0 Å². The van der Waals surface area contributed by atoms with Gasteiger partial charge in [0, 0.05) is 12.5 Å². The minimum absolute atomic E-state index is 0.0316. The predicted molar refractivity (Wildman–Crippen MR) is 178 cm³/mol. The summed E-state index contributed by atoms with van der Waals surface area (Å²) in [6.45, 7) is 0.779. The Balaban J connectivity index is 0.000000344.